The second kappa shape index (κ2) is 9.70. The zero-order valence-electron chi connectivity index (χ0n) is 18.0. The van der Waals surface area contributed by atoms with E-state index in [1.54, 1.807) is 17.5 Å². The summed E-state index contributed by atoms with van der Waals surface area (Å²) in [6.07, 6.45) is 6.26. The van der Waals surface area contributed by atoms with E-state index in [9.17, 15) is 9.59 Å². The fraction of sp³-hybridized carbons (Fsp3) is 0.429. The minimum atomic E-state index is -0.646. The summed E-state index contributed by atoms with van der Waals surface area (Å²) in [5, 5.41) is 4.76. The maximum Gasteiger partial charge on any atom is 0.271 e. The number of hydrogen-bond donors (Lipinski definition) is 2. The first-order chi connectivity index (χ1) is 15.4. The highest BCUT2D eigenvalue weighted by molar-refractivity contribution is 7.11. The predicted octanol–water partition coefficient (Wildman–Crippen LogP) is 3.27. The Labute approximate surface area is 194 Å². The molecule has 1 fully saturated rings. The molecule has 0 unspecified atom stereocenters. The van der Waals surface area contributed by atoms with Crippen molar-refractivity contribution in [1.82, 2.24) is 19.3 Å². The van der Waals surface area contributed by atoms with E-state index < -0.39 is 5.91 Å². The third kappa shape index (κ3) is 5.46. The fourth-order valence-corrected chi connectivity index (χ4v) is 5.30. The Kier molecular flexibility index (Phi) is 6.75. The molecule has 0 aromatic carbocycles. The number of nitrogens with one attached hydrogen (secondary N) is 1. The summed E-state index contributed by atoms with van der Waals surface area (Å²) in [7, 11) is 0. The molecule has 32 heavy (non-hydrogen) atoms. The second-order valence-electron chi connectivity index (χ2n) is 7.99. The Morgan fingerprint density at radius 1 is 1.28 bits per heavy atom. The van der Waals surface area contributed by atoms with Gasteiger partial charge in [-0.2, -0.15) is 4.37 Å². The number of amides is 1. The van der Waals surface area contributed by atoms with Crippen molar-refractivity contribution in [3.63, 3.8) is 0 Å². The molecule has 0 radical (unpaired) electrons. The van der Waals surface area contributed by atoms with Crippen LogP contribution in [0.15, 0.2) is 18.5 Å². The first kappa shape index (κ1) is 22.3. The van der Waals surface area contributed by atoms with Crippen LogP contribution < -0.4 is 16.0 Å². The minimum Gasteiger partial charge on any atom is -0.364 e. The number of hydrogen-bond acceptors (Lipinski definition) is 10. The van der Waals surface area contributed by atoms with E-state index in [4.69, 9.17) is 5.73 Å². The Morgan fingerprint density at radius 2 is 2.12 bits per heavy atom. The number of anilines is 3. The first-order valence-corrected chi connectivity index (χ1v) is 12.0. The molecule has 0 bridgehead atoms. The number of piperidine rings is 1. The van der Waals surface area contributed by atoms with Crippen molar-refractivity contribution in [1.29, 1.82) is 0 Å². The van der Waals surface area contributed by atoms with Crippen LogP contribution in [0.1, 0.15) is 45.3 Å². The fourth-order valence-electron chi connectivity index (χ4n) is 3.82. The number of ketones is 1. The maximum atomic E-state index is 12.6. The van der Waals surface area contributed by atoms with Crippen molar-refractivity contribution in [3.05, 3.63) is 39.7 Å². The average Bonchev–Trinajstić information content (AvgIpc) is 3.35. The molecule has 3 aromatic rings. The molecule has 1 aliphatic rings. The molecule has 1 saturated heterocycles. The van der Waals surface area contributed by atoms with Crippen molar-refractivity contribution in [2.45, 2.75) is 39.5 Å². The lowest BCUT2D eigenvalue weighted by molar-refractivity contribution is -0.119. The molecule has 1 amide bonds. The summed E-state index contributed by atoms with van der Waals surface area (Å²) in [4.78, 5) is 40.9. The third-order valence-corrected chi connectivity index (χ3v) is 6.95. The van der Waals surface area contributed by atoms with Crippen molar-refractivity contribution in [3.8, 4) is 0 Å². The summed E-state index contributed by atoms with van der Waals surface area (Å²) in [5.74, 6) is 0.787. The normalized spacial score (nSPS) is 16.2. The van der Waals surface area contributed by atoms with Crippen LogP contribution in [0.5, 0.6) is 0 Å². The molecule has 0 saturated carbocycles. The van der Waals surface area contributed by atoms with E-state index in [1.807, 2.05) is 26.1 Å². The highest BCUT2D eigenvalue weighted by atomic mass is 32.1. The molecule has 4 heterocycles. The van der Waals surface area contributed by atoms with Gasteiger partial charge in [-0.1, -0.05) is 0 Å². The minimum absolute atomic E-state index is 0.0854. The van der Waals surface area contributed by atoms with Crippen molar-refractivity contribution >= 4 is 51.2 Å². The van der Waals surface area contributed by atoms with Gasteiger partial charge in [0.1, 0.15) is 21.6 Å². The van der Waals surface area contributed by atoms with Crippen LogP contribution in [0.2, 0.25) is 0 Å². The van der Waals surface area contributed by atoms with Gasteiger partial charge in [-0.15, -0.1) is 11.3 Å². The van der Waals surface area contributed by atoms with E-state index in [-0.39, 0.29) is 17.4 Å². The smallest absolute Gasteiger partial charge is 0.271 e. The van der Waals surface area contributed by atoms with Crippen molar-refractivity contribution in [2.24, 2.45) is 11.7 Å². The Morgan fingerprint density at radius 3 is 2.81 bits per heavy atom. The lowest BCUT2D eigenvalue weighted by atomic mass is 9.92. The number of carbonyl (C=O) groups excluding carboxylic acids is 2. The molecular formula is C21H25N7O2S2. The maximum absolute atomic E-state index is 12.6. The average molecular weight is 472 g/mol. The number of Topliss-reactive ketones (excluding diaryl/α,β-unsaturated/α-hetero) is 1. The van der Waals surface area contributed by atoms with Gasteiger partial charge in [-0.25, -0.2) is 15.0 Å². The Balaban J connectivity index is 1.45. The largest absolute Gasteiger partial charge is 0.364 e. The molecule has 11 heteroatoms. The molecule has 1 atom stereocenters. The summed E-state index contributed by atoms with van der Waals surface area (Å²) in [6, 6.07) is 1.87. The quantitative estimate of drug-likeness (QED) is 0.512. The monoisotopic (exact) mass is 471 g/mol. The van der Waals surface area contributed by atoms with Crippen LogP contribution in [0.25, 0.3) is 0 Å². The van der Waals surface area contributed by atoms with Gasteiger partial charge in [-0.05, 0) is 50.2 Å². The van der Waals surface area contributed by atoms with Crippen molar-refractivity contribution in [2.75, 3.05) is 23.3 Å². The van der Waals surface area contributed by atoms with Crippen LogP contribution in [-0.2, 0) is 11.2 Å². The Hall–Kier alpha value is -2.92. The number of nitrogens with two attached hydrogens (primary N) is 1. The topological polar surface area (TPSA) is 127 Å². The van der Waals surface area contributed by atoms with E-state index in [0.29, 0.717) is 31.0 Å². The predicted molar refractivity (Wildman–Crippen MR) is 126 cm³/mol. The standard InChI is InChI=1S/C21H25N7O2S2/c1-12-6-18(32-27-12)26-21-19(20(22)30)24-10-16(25-21)28-5-3-4-14(11-28)7-15(29)8-17-23-9-13(2)31-17/h6,9-10,14H,3-5,7-8,11H2,1-2H3,(H2,22,30)(H,25,26)/t14-/m0/s1. The summed E-state index contributed by atoms with van der Waals surface area (Å²) in [5.41, 5.74) is 6.45. The number of rotatable bonds is 8. The molecule has 0 aliphatic carbocycles. The molecule has 9 nitrogen and oxygen atoms in total. The third-order valence-electron chi connectivity index (χ3n) is 5.24. The molecular weight excluding hydrogens is 446 g/mol. The van der Waals surface area contributed by atoms with Crippen LogP contribution >= 0.6 is 22.9 Å². The lowest BCUT2D eigenvalue weighted by Gasteiger charge is -2.33. The zero-order valence-corrected chi connectivity index (χ0v) is 19.6. The van der Waals surface area contributed by atoms with Gasteiger partial charge in [0, 0.05) is 30.6 Å². The van der Waals surface area contributed by atoms with Gasteiger partial charge < -0.3 is 16.0 Å². The van der Waals surface area contributed by atoms with Crippen LogP contribution in [0.3, 0.4) is 0 Å². The first-order valence-electron chi connectivity index (χ1n) is 10.4. The van der Waals surface area contributed by atoms with Crippen LogP contribution in [0.4, 0.5) is 16.6 Å². The molecule has 0 spiro atoms. The van der Waals surface area contributed by atoms with Crippen LogP contribution in [-0.4, -0.2) is 44.1 Å². The van der Waals surface area contributed by atoms with E-state index in [1.165, 1.54) is 11.5 Å². The lowest BCUT2D eigenvalue weighted by Crippen LogP contribution is -2.37. The van der Waals surface area contributed by atoms with Crippen molar-refractivity contribution < 1.29 is 9.59 Å². The van der Waals surface area contributed by atoms with E-state index in [0.717, 1.165) is 40.0 Å². The highest BCUT2D eigenvalue weighted by Crippen LogP contribution is 2.28. The summed E-state index contributed by atoms with van der Waals surface area (Å²) in [6.45, 7) is 5.42. The van der Waals surface area contributed by atoms with Gasteiger partial charge in [0.2, 0.25) is 0 Å². The van der Waals surface area contributed by atoms with Gasteiger partial charge in [0.05, 0.1) is 18.3 Å². The number of primary amides is 1. The highest BCUT2D eigenvalue weighted by Gasteiger charge is 2.25. The SMILES string of the molecule is Cc1cc(Nc2nc(N3CCC[C@@H](CC(=O)Cc4ncc(C)s4)C3)cnc2C(N)=O)sn1. The number of carbonyl (C=O) groups is 2. The van der Waals surface area contributed by atoms with Gasteiger partial charge in [0.25, 0.3) is 5.91 Å². The summed E-state index contributed by atoms with van der Waals surface area (Å²) < 4.78 is 4.24. The zero-order chi connectivity index (χ0) is 22.7. The molecule has 4 rings (SSSR count). The second-order valence-corrected chi connectivity index (χ2v) is 10.1. The molecule has 168 valence electrons. The van der Waals surface area contributed by atoms with Gasteiger partial charge in [-0.3, -0.25) is 9.59 Å². The number of nitrogens with zero attached hydrogens (tertiary/aromatic N) is 5. The number of thiazole rings is 1. The Bertz CT molecular complexity index is 1130. The van der Waals surface area contributed by atoms with Gasteiger partial charge in [0.15, 0.2) is 11.5 Å². The van der Waals surface area contributed by atoms with Gasteiger partial charge >= 0.3 is 0 Å². The molecule has 3 N–H and O–H groups in total. The molecule has 3 aromatic heterocycles. The van der Waals surface area contributed by atoms with E-state index in [2.05, 4.69) is 29.5 Å². The summed E-state index contributed by atoms with van der Waals surface area (Å²) >= 11 is 2.85. The number of aryl methyl sites for hydroxylation is 2. The van der Waals surface area contributed by atoms with E-state index >= 15 is 0 Å². The number of aromatic nitrogens is 4. The molecule has 1 aliphatic heterocycles. The van der Waals surface area contributed by atoms with Crippen LogP contribution in [0, 0.1) is 19.8 Å².